The van der Waals surface area contributed by atoms with Gasteiger partial charge in [-0.1, -0.05) is 19.3 Å². The summed E-state index contributed by atoms with van der Waals surface area (Å²) in [6.45, 7) is 0. The molecule has 1 aromatic heterocycles. The van der Waals surface area contributed by atoms with Crippen LogP contribution in [0.3, 0.4) is 0 Å². The van der Waals surface area contributed by atoms with E-state index in [0.717, 1.165) is 38.2 Å². The van der Waals surface area contributed by atoms with Crippen molar-refractivity contribution >= 4 is 16.0 Å². The molecular formula is C11H16N2O4S. The minimum absolute atomic E-state index is 0.0227. The van der Waals surface area contributed by atoms with E-state index in [9.17, 15) is 13.2 Å². The van der Waals surface area contributed by atoms with Gasteiger partial charge in [0.2, 0.25) is 10.0 Å². The van der Waals surface area contributed by atoms with E-state index in [4.69, 9.17) is 5.11 Å². The number of aromatic nitrogens is 1. The first-order valence-corrected chi connectivity index (χ1v) is 7.41. The molecule has 0 unspecified atom stereocenters. The largest absolute Gasteiger partial charge is 0.477 e. The summed E-state index contributed by atoms with van der Waals surface area (Å²) in [6, 6.07) is 1.10. The lowest BCUT2D eigenvalue weighted by Gasteiger charge is -2.22. The summed E-state index contributed by atoms with van der Waals surface area (Å²) < 4.78 is 26.6. The van der Waals surface area contributed by atoms with Crippen molar-refractivity contribution in [3.8, 4) is 0 Å². The first-order chi connectivity index (χ1) is 8.49. The average Bonchev–Trinajstić information content (AvgIpc) is 2.79. The van der Waals surface area contributed by atoms with Crippen molar-refractivity contribution in [2.75, 3.05) is 0 Å². The zero-order valence-electron chi connectivity index (χ0n) is 9.85. The molecule has 3 N–H and O–H groups in total. The first kappa shape index (κ1) is 13.1. The average molecular weight is 272 g/mol. The number of carbonyl (C=O) groups is 1. The van der Waals surface area contributed by atoms with Crippen LogP contribution < -0.4 is 4.72 Å². The van der Waals surface area contributed by atoms with Crippen LogP contribution in [0.5, 0.6) is 0 Å². The summed E-state index contributed by atoms with van der Waals surface area (Å²) in [4.78, 5) is 13.1. The van der Waals surface area contributed by atoms with E-state index in [0.29, 0.717) is 0 Å². The van der Waals surface area contributed by atoms with Crippen LogP contribution in [-0.2, 0) is 10.0 Å². The normalized spacial score (nSPS) is 17.8. The van der Waals surface area contributed by atoms with Crippen LogP contribution in [0.1, 0.15) is 42.6 Å². The first-order valence-electron chi connectivity index (χ1n) is 5.93. The monoisotopic (exact) mass is 272 g/mol. The van der Waals surface area contributed by atoms with Crippen LogP contribution in [0.4, 0.5) is 0 Å². The van der Waals surface area contributed by atoms with Gasteiger partial charge in [0.1, 0.15) is 10.6 Å². The molecule has 1 saturated carbocycles. The van der Waals surface area contributed by atoms with E-state index in [-0.39, 0.29) is 16.6 Å². The molecular weight excluding hydrogens is 256 g/mol. The van der Waals surface area contributed by atoms with Crippen molar-refractivity contribution in [3.05, 3.63) is 18.0 Å². The van der Waals surface area contributed by atoms with Crippen LogP contribution in [0.2, 0.25) is 0 Å². The van der Waals surface area contributed by atoms with Crippen LogP contribution >= 0.6 is 0 Å². The maximum absolute atomic E-state index is 12.0. The highest BCUT2D eigenvalue weighted by Gasteiger charge is 2.23. The Balaban J connectivity index is 2.11. The van der Waals surface area contributed by atoms with Gasteiger partial charge in [-0.15, -0.1) is 0 Å². The van der Waals surface area contributed by atoms with Gasteiger partial charge in [-0.25, -0.2) is 17.9 Å². The number of aromatic carboxylic acids is 1. The summed E-state index contributed by atoms with van der Waals surface area (Å²) in [5.74, 6) is -1.17. The molecule has 1 aliphatic rings. The van der Waals surface area contributed by atoms with Crippen LogP contribution in [-0.4, -0.2) is 30.5 Å². The standard InChI is InChI=1S/C11H16N2O4S/c14-11(15)10-6-9(7-12-10)18(16,17)13-8-4-2-1-3-5-8/h6-8,12-13H,1-5H2,(H,14,15). The fraction of sp³-hybridized carbons (Fsp3) is 0.545. The topological polar surface area (TPSA) is 99.3 Å². The van der Waals surface area contributed by atoms with E-state index in [1.165, 1.54) is 6.20 Å². The Morgan fingerprint density at radius 1 is 1.33 bits per heavy atom. The molecule has 7 heteroatoms. The summed E-state index contributed by atoms with van der Waals surface area (Å²) in [6.07, 6.45) is 6.09. The molecule has 0 spiro atoms. The lowest BCUT2D eigenvalue weighted by atomic mass is 9.96. The fourth-order valence-corrected chi connectivity index (χ4v) is 3.46. The van der Waals surface area contributed by atoms with Gasteiger partial charge < -0.3 is 10.1 Å². The van der Waals surface area contributed by atoms with E-state index in [1.807, 2.05) is 0 Å². The Morgan fingerprint density at radius 2 is 2.00 bits per heavy atom. The van der Waals surface area contributed by atoms with Gasteiger partial charge in [-0.2, -0.15) is 0 Å². The highest BCUT2D eigenvalue weighted by Crippen LogP contribution is 2.20. The van der Waals surface area contributed by atoms with Crippen molar-refractivity contribution in [1.29, 1.82) is 0 Å². The minimum Gasteiger partial charge on any atom is -0.477 e. The van der Waals surface area contributed by atoms with Crippen molar-refractivity contribution in [2.45, 2.75) is 43.0 Å². The summed E-state index contributed by atoms with van der Waals surface area (Å²) >= 11 is 0. The molecule has 1 fully saturated rings. The number of hydrogen-bond donors (Lipinski definition) is 3. The number of hydrogen-bond acceptors (Lipinski definition) is 3. The quantitative estimate of drug-likeness (QED) is 0.769. The molecule has 0 aromatic carbocycles. The van der Waals surface area contributed by atoms with Gasteiger partial charge in [0.05, 0.1) is 0 Å². The maximum Gasteiger partial charge on any atom is 0.352 e. The van der Waals surface area contributed by atoms with E-state index >= 15 is 0 Å². The molecule has 0 aliphatic heterocycles. The van der Waals surface area contributed by atoms with E-state index in [1.54, 1.807) is 0 Å². The Hall–Kier alpha value is -1.34. The number of carboxylic acid groups (broad SMARTS) is 1. The molecule has 0 atom stereocenters. The maximum atomic E-state index is 12.0. The Labute approximate surface area is 105 Å². The summed E-state index contributed by atoms with van der Waals surface area (Å²) in [5.41, 5.74) is -0.126. The number of sulfonamides is 1. The van der Waals surface area contributed by atoms with Crippen molar-refractivity contribution in [3.63, 3.8) is 0 Å². The Kier molecular flexibility index (Phi) is 3.72. The number of carboxylic acids is 1. The molecule has 1 aliphatic carbocycles. The molecule has 2 rings (SSSR count). The highest BCUT2D eigenvalue weighted by molar-refractivity contribution is 7.89. The van der Waals surface area contributed by atoms with Gasteiger partial charge in [-0.3, -0.25) is 0 Å². The number of H-pyrrole nitrogens is 1. The van der Waals surface area contributed by atoms with E-state index in [2.05, 4.69) is 9.71 Å². The lowest BCUT2D eigenvalue weighted by Crippen LogP contribution is -2.35. The smallest absolute Gasteiger partial charge is 0.352 e. The summed E-state index contributed by atoms with van der Waals surface area (Å²) in [7, 11) is -3.62. The second kappa shape index (κ2) is 5.11. The van der Waals surface area contributed by atoms with E-state index < -0.39 is 16.0 Å². The molecule has 0 amide bonds. The second-order valence-corrected chi connectivity index (χ2v) is 6.22. The Morgan fingerprint density at radius 3 is 2.56 bits per heavy atom. The van der Waals surface area contributed by atoms with Crippen LogP contribution in [0.25, 0.3) is 0 Å². The minimum atomic E-state index is -3.62. The van der Waals surface area contributed by atoms with Gasteiger partial charge in [0.15, 0.2) is 0 Å². The third kappa shape index (κ3) is 2.91. The zero-order valence-corrected chi connectivity index (χ0v) is 10.7. The molecule has 100 valence electrons. The fourth-order valence-electron chi connectivity index (χ4n) is 2.16. The zero-order chi connectivity index (χ0) is 13.2. The molecule has 0 radical (unpaired) electrons. The van der Waals surface area contributed by atoms with Crippen molar-refractivity contribution in [2.24, 2.45) is 0 Å². The summed E-state index contributed by atoms with van der Waals surface area (Å²) in [5, 5.41) is 8.74. The number of nitrogens with one attached hydrogen (secondary N) is 2. The molecule has 0 saturated heterocycles. The molecule has 6 nitrogen and oxygen atoms in total. The molecule has 1 aromatic rings. The molecule has 1 heterocycles. The number of aromatic amines is 1. The second-order valence-electron chi connectivity index (χ2n) is 4.51. The van der Waals surface area contributed by atoms with Crippen LogP contribution in [0, 0.1) is 0 Å². The SMILES string of the molecule is O=C(O)c1cc(S(=O)(=O)NC2CCCCC2)c[nH]1. The van der Waals surface area contributed by atoms with Crippen LogP contribution in [0.15, 0.2) is 17.2 Å². The predicted octanol–water partition coefficient (Wildman–Crippen LogP) is 1.32. The molecule has 18 heavy (non-hydrogen) atoms. The highest BCUT2D eigenvalue weighted by atomic mass is 32.2. The molecule has 0 bridgehead atoms. The van der Waals surface area contributed by atoms with Crippen molar-refractivity contribution in [1.82, 2.24) is 9.71 Å². The van der Waals surface area contributed by atoms with Crippen molar-refractivity contribution < 1.29 is 18.3 Å². The van der Waals surface area contributed by atoms with Gasteiger partial charge in [-0.05, 0) is 18.9 Å². The lowest BCUT2D eigenvalue weighted by molar-refractivity contribution is 0.0691. The van der Waals surface area contributed by atoms with Gasteiger partial charge in [0, 0.05) is 12.2 Å². The van der Waals surface area contributed by atoms with Gasteiger partial charge in [0.25, 0.3) is 0 Å². The van der Waals surface area contributed by atoms with Gasteiger partial charge >= 0.3 is 5.97 Å². The third-order valence-corrected chi connectivity index (χ3v) is 4.62. The Bertz CT molecular complexity index is 529. The third-order valence-electron chi connectivity index (χ3n) is 3.12. The number of rotatable bonds is 4. The predicted molar refractivity (Wildman–Crippen MR) is 64.9 cm³/mol.